The lowest BCUT2D eigenvalue weighted by molar-refractivity contribution is 0.0931. The van der Waals surface area contributed by atoms with E-state index >= 15 is 0 Å². The summed E-state index contributed by atoms with van der Waals surface area (Å²) in [5, 5.41) is 3.04. The van der Waals surface area contributed by atoms with Gasteiger partial charge in [-0.2, -0.15) is 4.72 Å². The number of terminal acetylenes is 1. The Hall–Kier alpha value is -2.82. The average molecular weight is 398 g/mol. The van der Waals surface area contributed by atoms with Gasteiger partial charge in [0.15, 0.2) is 0 Å². The van der Waals surface area contributed by atoms with Crippen molar-refractivity contribution in [2.75, 3.05) is 13.7 Å². The second-order valence-electron chi connectivity index (χ2n) is 6.62. The summed E-state index contributed by atoms with van der Waals surface area (Å²) in [4.78, 5) is 12.8. The minimum atomic E-state index is -3.76. The smallest absolute Gasteiger partial charge is 0.251 e. The number of hydrogen-bond acceptors (Lipinski definition) is 4. The van der Waals surface area contributed by atoms with Crippen molar-refractivity contribution >= 4 is 15.9 Å². The molecule has 1 aliphatic rings. The largest absolute Gasteiger partial charge is 0.497 e. The van der Waals surface area contributed by atoms with E-state index in [1.54, 1.807) is 19.2 Å². The van der Waals surface area contributed by atoms with Gasteiger partial charge in [0.2, 0.25) is 10.0 Å². The lowest BCUT2D eigenvalue weighted by Gasteiger charge is -2.19. The fourth-order valence-corrected chi connectivity index (χ4v) is 3.94. The van der Waals surface area contributed by atoms with Crippen LogP contribution in [0.1, 0.15) is 34.8 Å². The molecule has 0 saturated heterocycles. The Balaban J connectivity index is 1.79. The van der Waals surface area contributed by atoms with Crippen LogP contribution in [-0.2, 0) is 10.0 Å². The minimum absolute atomic E-state index is 0.00261. The zero-order chi connectivity index (χ0) is 20.1. The van der Waals surface area contributed by atoms with Crippen LogP contribution in [0.25, 0.3) is 0 Å². The molecule has 1 unspecified atom stereocenters. The monoisotopic (exact) mass is 398 g/mol. The number of carbonyl (C=O) groups is 1. The summed E-state index contributed by atoms with van der Waals surface area (Å²) in [6.07, 6.45) is 7.19. The molecule has 0 heterocycles. The molecule has 1 saturated carbocycles. The Kier molecular flexibility index (Phi) is 6.02. The summed E-state index contributed by atoms with van der Waals surface area (Å²) in [7, 11) is -2.15. The fourth-order valence-electron chi connectivity index (χ4n) is 2.96. The molecule has 0 aliphatic heterocycles. The van der Waals surface area contributed by atoms with E-state index < -0.39 is 10.0 Å². The SMILES string of the molecule is C#CCNS(=O)(=O)c1cccc(C(=O)NC(c2ccc(OC)cc2)C2CC2)c1. The van der Waals surface area contributed by atoms with Gasteiger partial charge in [0, 0.05) is 5.56 Å². The first-order chi connectivity index (χ1) is 13.4. The van der Waals surface area contributed by atoms with Crippen LogP contribution in [0.5, 0.6) is 5.75 Å². The van der Waals surface area contributed by atoms with Gasteiger partial charge in [0.05, 0.1) is 24.6 Å². The lowest BCUT2D eigenvalue weighted by atomic mass is 10.0. The van der Waals surface area contributed by atoms with Crippen molar-refractivity contribution in [3.05, 3.63) is 59.7 Å². The minimum Gasteiger partial charge on any atom is -0.497 e. The third kappa shape index (κ3) is 4.71. The van der Waals surface area contributed by atoms with Crippen LogP contribution in [0.15, 0.2) is 53.4 Å². The van der Waals surface area contributed by atoms with E-state index in [0.717, 1.165) is 24.2 Å². The van der Waals surface area contributed by atoms with Crippen molar-refractivity contribution in [1.82, 2.24) is 10.0 Å². The van der Waals surface area contributed by atoms with Crippen molar-refractivity contribution in [2.24, 2.45) is 5.92 Å². The van der Waals surface area contributed by atoms with Gasteiger partial charge < -0.3 is 10.1 Å². The molecule has 0 spiro atoms. The van der Waals surface area contributed by atoms with Crippen molar-refractivity contribution in [3.8, 4) is 18.1 Å². The van der Waals surface area contributed by atoms with E-state index in [0.29, 0.717) is 5.92 Å². The van der Waals surface area contributed by atoms with E-state index in [-0.39, 0.29) is 29.0 Å². The van der Waals surface area contributed by atoms with Gasteiger partial charge in [-0.3, -0.25) is 4.79 Å². The third-order valence-electron chi connectivity index (χ3n) is 4.63. The Labute approximate surface area is 165 Å². The standard InChI is InChI=1S/C21H22N2O4S/c1-3-13-22-28(25,26)19-6-4-5-17(14-19)21(24)23-20(15-7-8-15)16-9-11-18(27-2)12-10-16/h1,4-6,9-12,14-15,20,22H,7-8,13H2,2H3,(H,23,24). The van der Waals surface area contributed by atoms with Crippen molar-refractivity contribution in [3.63, 3.8) is 0 Å². The van der Waals surface area contributed by atoms with Crippen LogP contribution in [0.2, 0.25) is 0 Å². The van der Waals surface area contributed by atoms with Crippen LogP contribution in [0.3, 0.4) is 0 Å². The summed E-state index contributed by atoms with van der Waals surface area (Å²) in [5.41, 5.74) is 1.28. The van der Waals surface area contributed by atoms with Crippen LogP contribution in [-0.4, -0.2) is 28.0 Å². The maximum absolute atomic E-state index is 12.8. The highest BCUT2D eigenvalue weighted by Gasteiger charge is 2.33. The van der Waals surface area contributed by atoms with E-state index in [1.165, 1.54) is 12.1 Å². The normalized spacial score (nSPS) is 14.7. The summed E-state index contributed by atoms with van der Waals surface area (Å²) in [6.45, 7) is -0.111. The molecule has 2 aromatic carbocycles. The van der Waals surface area contributed by atoms with E-state index in [9.17, 15) is 13.2 Å². The number of benzene rings is 2. The molecule has 1 atom stereocenters. The highest BCUT2D eigenvalue weighted by molar-refractivity contribution is 7.89. The first kappa shape index (κ1) is 19.9. The van der Waals surface area contributed by atoms with Gasteiger partial charge >= 0.3 is 0 Å². The van der Waals surface area contributed by atoms with Crippen LogP contribution in [0, 0.1) is 18.3 Å². The van der Waals surface area contributed by atoms with Gasteiger partial charge in [-0.15, -0.1) is 6.42 Å². The van der Waals surface area contributed by atoms with Crippen LogP contribution in [0.4, 0.5) is 0 Å². The number of ether oxygens (including phenoxy) is 1. The molecule has 2 N–H and O–H groups in total. The topological polar surface area (TPSA) is 84.5 Å². The van der Waals surface area contributed by atoms with E-state index in [2.05, 4.69) is 16.0 Å². The molecule has 3 rings (SSSR count). The molecule has 146 valence electrons. The molecule has 1 amide bonds. The quantitative estimate of drug-likeness (QED) is 0.669. The van der Waals surface area contributed by atoms with Crippen molar-refractivity contribution in [2.45, 2.75) is 23.8 Å². The first-order valence-corrected chi connectivity index (χ1v) is 10.4. The average Bonchev–Trinajstić information content (AvgIpc) is 3.56. The Morgan fingerprint density at radius 2 is 1.96 bits per heavy atom. The van der Waals surface area contributed by atoms with Crippen LogP contribution >= 0.6 is 0 Å². The van der Waals surface area contributed by atoms with Crippen molar-refractivity contribution < 1.29 is 17.9 Å². The number of carbonyl (C=O) groups excluding carboxylic acids is 1. The molecule has 0 aromatic heterocycles. The van der Waals surface area contributed by atoms with Gasteiger partial charge in [-0.1, -0.05) is 24.1 Å². The zero-order valence-corrected chi connectivity index (χ0v) is 16.3. The number of nitrogens with one attached hydrogen (secondary N) is 2. The summed E-state index contributed by atoms with van der Waals surface area (Å²) < 4.78 is 32.0. The molecule has 0 radical (unpaired) electrons. The molecular weight excluding hydrogens is 376 g/mol. The molecule has 28 heavy (non-hydrogen) atoms. The maximum atomic E-state index is 12.8. The maximum Gasteiger partial charge on any atom is 0.251 e. The molecule has 1 fully saturated rings. The molecular formula is C21H22N2O4S. The second kappa shape index (κ2) is 8.46. The Morgan fingerprint density at radius 1 is 1.25 bits per heavy atom. The Bertz CT molecular complexity index is 990. The first-order valence-electron chi connectivity index (χ1n) is 8.92. The van der Waals surface area contributed by atoms with Gasteiger partial charge in [-0.25, -0.2) is 8.42 Å². The number of hydrogen-bond donors (Lipinski definition) is 2. The van der Waals surface area contributed by atoms with E-state index in [4.69, 9.17) is 11.2 Å². The molecule has 0 bridgehead atoms. The van der Waals surface area contributed by atoms with Crippen molar-refractivity contribution in [1.29, 1.82) is 0 Å². The predicted molar refractivity (Wildman–Crippen MR) is 106 cm³/mol. The van der Waals surface area contributed by atoms with Gasteiger partial charge in [-0.05, 0) is 54.7 Å². The summed E-state index contributed by atoms with van der Waals surface area (Å²) in [5.74, 6) is 3.03. The highest BCUT2D eigenvalue weighted by atomic mass is 32.2. The zero-order valence-electron chi connectivity index (χ0n) is 15.5. The fraction of sp³-hybridized carbons (Fsp3) is 0.286. The highest BCUT2D eigenvalue weighted by Crippen LogP contribution is 2.41. The molecule has 7 heteroatoms. The van der Waals surface area contributed by atoms with Crippen LogP contribution < -0.4 is 14.8 Å². The summed E-state index contributed by atoms with van der Waals surface area (Å²) >= 11 is 0. The van der Waals surface area contributed by atoms with E-state index in [1.807, 2.05) is 24.3 Å². The number of amides is 1. The predicted octanol–water partition coefficient (Wildman–Crippen LogP) is 2.49. The lowest BCUT2D eigenvalue weighted by Crippen LogP contribution is -2.30. The molecule has 2 aromatic rings. The second-order valence-corrected chi connectivity index (χ2v) is 8.39. The summed E-state index contributed by atoms with van der Waals surface area (Å²) in [6, 6.07) is 13.4. The third-order valence-corrected chi connectivity index (χ3v) is 6.02. The van der Waals surface area contributed by atoms with Gasteiger partial charge in [0.1, 0.15) is 5.75 Å². The number of rotatable bonds is 8. The number of sulfonamides is 1. The molecule has 1 aliphatic carbocycles. The number of methoxy groups -OCH3 is 1. The molecule has 6 nitrogen and oxygen atoms in total. The van der Waals surface area contributed by atoms with Gasteiger partial charge in [0.25, 0.3) is 5.91 Å². The Morgan fingerprint density at radius 3 is 2.57 bits per heavy atom.